The first-order valence-corrected chi connectivity index (χ1v) is 10.3. The van der Waals surface area contributed by atoms with Crippen molar-refractivity contribution in [2.45, 2.75) is 6.42 Å². The fourth-order valence-corrected chi connectivity index (χ4v) is 3.89. The van der Waals surface area contributed by atoms with E-state index in [2.05, 4.69) is 22.5 Å². The van der Waals surface area contributed by atoms with E-state index in [1.807, 2.05) is 36.4 Å². The lowest BCUT2D eigenvalue weighted by atomic mass is 9.96. The van der Waals surface area contributed by atoms with Crippen molar-refractivity contribution in [3.63, 3.8) is 0 Å². The highest BCUT2D eigenvalue weighted by molar-refractivity contribution is 5.93. The molecule has 1 fully saturated rings. The Labute approximate surface area is 181 Å². The minimum Gasteiger partial charge on any atom is -0.497 e. The van der Waals surface area contributed by atoms with Crippen LogP contribution in [0.5, 0.6) is 5.75 Å². The zero-order valence-corrected chi connectivity index (χ0v) is 17.7. The third-order valence-corrected chi connectivity index (χ3v) is 5.68. The molecule has 2 aromatic carbocycles. The summed E-state index contributed by atoms with van der Waals surface area (Å²) in [5.41, 5.74) is 3.79. The molecule has 7 nitrogen and oxygen atoms in total. The summed E-state index contributed by atoms with van der Waals surface area (Å²) in [5, 5.41) is 7.02. The molecule has 160 valence electrons. The van der Waals surface area contributed by atoms with Crippen molar-refractivity contribution in [3.05, 3.63) is 72.1 Å². The number of aromatic nitrogens is 2. The Morgan fingerprint density at radius 2 is 1.77 bits per heavy atom. The Kier molecular flexibility index (Phi) is 6.02. The molecule has 3 aromatic rings. The highest BCUT2D eigenvalue weighted by Crippen LogP contribution is 2.24. The number of methoxy groups -OCH3 is 1. The molecule has 7 heteroatoms. The third-order valence-electron chi connectivity index (χ3n) is 5.68. The van der Waals surface area contributed by atoms with Gasteiger partial charge >= 0.3 is 0 Å². The van der Waals surface area contributed by atoms with Crippen LogP contribution in [0.4, 0.5) is 0 Å². The van der Waals surface area contributed by atoms with Crippen LogP contribution in [-0.2, 0) is 18.3 Å². The predicted molar refractivity (Wildman–Crippen MR) is 118 cm³/mol. The van der Waals surface area contributed by atoms with E-state index in [-0.39, 0.29) is 17.7 Å². The number of carbonyl (C=O) groups excluding carboxylic acids is 2. The number of aryl methyl sites for hydroxylation is 1. The minimum atomic E-state index is -0.300. The van der Waals surface area contributed by atoms with Crippen molar-refractivity contribution >= 4 is 11.8 Å². The number of nitrogens with one attached hydrogen (secondary N) is 1. The number of ether oxygens (including phenoxy) is 1. The van der Waals surface area contributed by atoms with Crippen molar-refractivity contribution in [1.82, 2.24) is 20.0 Å². The Bertz CT molecular complexity index is 1060. The number of hydrogen-bond acceptors (Lipinski definition) is 4. The van der Waals surface area contributed by atoms with Crippen LogP contribution in [0.2, 0.25) is 0 Å². The first kappa shape index (κ1) is 20.7. The SMILES string of the molecule is COc1ccc(-c2ccc(C[C@H]3CN(C(=O)c4ccnn4C)CCNC3=O)cc2)cc1. The predicted octanol–water partition coefficient (Wildman–Crippen LogP) is 2.53. The molecule has 2 heterocycles. The van der Waals surface area contributed by atoms with E-state index in [0.717, 1.165) is 22.4 Å². The van der Waals surface area contributed by atoms with E-state index < -0.39 is 0 Å². The third kappa shape index (κ3) is 4.60. The van der Waals surface area contributed by atoms with Gasteiger partial charge in [-0.25, -0.2) is 0 Å². The molecule has 1 aliphatic rings. The maximum absolute atomic E-state index is 12.9. The van der Waals surface area contributed by atoms with Gasteiger partial charge in [0.15, 0.2) is 0 Å². The summed E-state index contributed by atoms with van der Waals surface area (Å²) in [6.07, 6.45) is 2.18. The molecule has 0 radical (unpaired) electrons. The lowest BCUT2D eigenvalue weighted by Crippen LogP contribution is -2.38. The van der Waals surface area contributed by atoms with Gasteiger partial charge in [0.25, 0.3) is 5.91 Å². The summed E-state index contributed by atoms with van der Waals surface area (Å²) in [5.74, 6) is 0.410. The lowest BCUT2D eigenvalue weighted by Gasteiger charge is -2.23. The summed E-state index contributed by atoms with van der Waals surface area (Å²) in [6, 6.07) is 17.8. The normalized spacial score (nSPS) is 16.5. The average molecular weight is 418 g/mol. The molecular weight excluding hydrogens is 392 g/mol. The van der Waals surface area contributed by atoms with Gasteiger partial charge in [-0.1, -0.05) is 36.4 Å². The van der Waals surface area contributed by atoms with Crippen LogP contribution in [0.25, 0.3) is 11.1 Å². The second kappa shape index (κ2) is 9.04. The lowest BCUT2D eigenvalue weighted by molar-refractivity contribution is -0.124. The van der Waals surface area contributed by atoms with Gasteiger partial charge in [-0.2, -0.15) is 5.10 Å². The molecule has 1 aromatic heterocycles. The zero-order valence-electron chi connectivity index (χ0n) is 17.7. The number of amides is 2. The maximum Gasteiger partial charge on any atom is 0.272 e. The first-order valence-electron chi connectivity index (χ1n) is 10.3. The fraction of sp³-hybridized carbons (Fsp3) is 0.292. The van der Waals surface area contributed by atoms with Crippen LogP contribution in [0.15, 0.2) is 60.8 Å². The molecule has 0 unspecified atom stereocenters. The van der Waals surface area contributed by atoms with Gasteiger partial charge in [-0.3, -0.25) is 14.3 Å². The van der Waals surface area contributed by atoms with Crippen LogP contribution in [0.1, 0.15) is 16.1 Å². The molecular formula is C24H26N4O3. The summed E-state index contributed by atoms with van der Waals surface area (Å²) < 4.78 is 6.78. The van der Waals surface area contributed by atoms with Gasteiger partial charge in [-0.15, -0.1) is 0 Å². The maximum atomic E-state index is 12.9. The molecule has 0 saturated carbocycles. The summed E-state index contributed by atoms with van der Waals surface area (Å²) in [7, 11) is 3.40. The molecule has 1 saturated heterocycles. The van der Waals surface area contributed by atoms with Gasteiger partial charge in [0.05, 0.1) is 13.0 Å². The minimum absolute atomic E-state index is 0.0143. The van der Waals surface area contributed by atoms with E-state index in [1.54, 1.807) is 36.0 Å². The summed E-state index contributed by atoms with van der Waals surface area (Å²) in [4.78, 5) is 27.3. The first-order chi connectivity index (χ1) is 15.0. The van der Waals surface area contributed by atoms with Crippen LogP contribution in [-0.4, -0.2) is 53.2 Å². The Morgan fingerprint density at radius 3 is 2.39 bits per heavy atom. The Morgan fingerprint density at radius 1 is 1.10 bits per heavy atom. The van der Waals surface area contributed by atoms with Crippen molar-refractivity contribution < 1.29 is 14.3 Å². The van der Waals surface area contributed by atoms with Crippen molar-refractivity contribution in [2.24, 2.45) is 13.0 Å². The highest BCUT2D eigenvalue weighted by atomic mass is 16.5. The smallest absolute Gasteiger partial charge is 0.272 e. The van der Waals surface area contributed by atoms with Gasteiger partial charge in [0.1, 0.15) is 11.4 Å². The topological polar surface area (TPSA) is 76.5 Å². The number of nitrogens with zero attached hydrogens (tertiary/aromatic N) is 3. The number of rotatable bonds is 5. The Hall–Kier alpha value is -3.61. The largest absolute Gasteiger partial charge is 0.497 e. The van der Waals surface area contributed by atoms with E-state index in [4.69, 9.17) is 4.74 Å². The van der Waals surface area contributed by atoms with Crippen molar-refractivity contribution in [3.8, 4) is 16.9 Å². The second-order valence-electron chi connectivity index (χ2n) is 7.71. The zero-order chi connectivity index (χ0) is 21.8. The second-order valence-corrected chi connectivity index (χ2v) is 7.71. The summed E-state index contributed by atoms with van der Waals surface area (Å²) in [6.45, 7) is 1.33. The van der Waals surface area contributed by atoms with Gasteiger partial charge in [0, 0.05) is 32.9 Å². The Balaban J connectivity index is 1.47. The molecule has 1 atom stereocenters. The van der Waals surface area contributed by atoms with Gasteiger partial charge in [0.2, 0.25) is 5.91 Å². The van der Waals surface area contributed by atoms with E-state index in [0.29, 0.717) is 31.7 Å². The van der Waals surface area contributed by atoms with Gasteiger partial charge in [-0.05, 0) is 41.3 Å². The number of hydrogen-bond donors (Lipinski definition) is 1. The standard InChI is InChI=1S/C24H26N4O3/c1-27-22(11-12-26-27)24(30)28-14-13-25-23(29)20(16-28)15-17-3-5-18(6-4-17)19-7-9-21(31-2)10-8-19/h3-12,20H,13-16H2,1-2H3,(H,25,29)/t20-/m0/s1. The van der Waals surface area contributed by atoms with Crippen molar-refractivity contribution in [2.75, 3.05) is 26.7 Å². The van der Waals surface area contributed by atoms with Crippen LogP contribution in [0, 0.1) is 5.92 Å². The molecule has 31 heavy (non-hydrogen) atoms. The van der Waals surface area contributed by atoms with Gasteiger partial charge < -0.3 is 15.0 Å². The van der Waals surface area contributed by atoms with Crippen molar-refractivity contribution in [1.29, 1.82) is 0 Å². The van der Waals surface area contributed by atoms with E-state index >= 15 is 0 Å². The van der Waals surface area contributed by atoms with Crippen LogP contribution < -0.4 is 10.1 Å². The number of carbonyl (C=O) groups is 2. The monoisotopic (exact) mass is 418 g/mol. The van der Waals surface area contributed by atoms with Crippen LogP contribution in [0.3, 0.4) is 0 Å². The number of benzene rings is 2. The molecule has 0 bridgehead atoms. The highest BCUT2D eigenvalue weighted by Gasteiger charge is 2.29. The van der Waals surface area contributed by atoms with E-state index in [1.165, 1.54) is 0 Å². The summed E-state index contributed by atoms with van der Waals surface area (Å²) >= 11 is 0. The molecule has 4 rings (SSSR count). The molecule has 1 N–H and O–H groups in total. The molecule has 1 aliphatic heterocycles. The fourth-order valence-electron chi connectivity index (χ4n) is 3.89. The van der Waals surface area contributed by atoms with E-state index in [9.17, 15) is 9.59 Å². The van der Waals surface area contributed by atoms with Crippen LogP contribution >= 0.6 is 0 Å². The molecule has 2 amide bonds. The quantitative estimate of drug-likeness (QED) is 0.691. The molecule has 0 aliphatic carbocycles. The average Bonchev–Trinajstić information content (AvgIpc) is 3.14. The molecule has 0 spiro atoms.